The molecule has 0 amide bonds. The van der Waals surface area contributed by atoms with E-state index in [1.807, 2.05) is 24.3 Å². The fraction of sp³-hybridized carbons (Fsp3) is 0.235. The van der Waals surface area contributed by atoms with E-state index in [0.29, 0.717) is 5.69 Å². The molecule has 6 heteroatoms. The highest BCUT2D eigenvalue weighted by atomic mass is 16.2. The van der Waals surface area contributed by atoms with E-state index in [4.69, 9.17) is 0 Å². The van der Waals surface area contributed by atoms with Crippen molar-refractivity contribution in [1.82, 2.24) is 13.9 Å². The summed E-state index contributed by atoms with van der Waals surface area (Å²) in [6.07, 6.45) is 7.64. The molecule has 0 radical (unpaired) electrons. The van der Waals surface area contributed by atoms with Gasteiger partial charge in [-0.1, -0.05) is 36.4 Å². The van der Waals surface area contributed by atoms with E-state index in [1.54, 1.807) is 30.3 Å². The zero-order valence-electron chi connectivity index (χ0n) is 12.0. The molecule has 3 heterocycles. The van der Waals surface area contributed by atoms with E-state index < -0.39 is 16.9 Å². The lowest BCUT2D eigenvalue weighted by Gasteiger charge is -2.51. The summed E-state index contributed by atoms with van der Waals surface area (Å²) in [6.45, 7) is 0. The van der Waals surface area contributed by atoms with Crippen LogP contribution in [0.4, 0.5) is 0 Å². The molecule has 0 spiro atoms. The van der Waals surface area contributed by atoms with Crippen molar-refractivity contribution in [3.63, 3.8) is 0 Å². The quantitative estimate of drug-likeness (QED) is 0.736. The number of aromatic nitrogens is 3. The molecule has 1 aromatic heterocycles. The van der Waals surface area contributed by atoms with E-state index in [9.17, 15) is 14.9 Å². The molecular weight excluding hydrogens is 292 g/mol. The number of nitrogens with zero attached hydrogens (tertiary/aromatic N) is 4. The van der Waals surface area contributed by atoms with Crippen molar-refractivity contribution in [3.05, 3.63) is 75.6 Å². The smallest absolute Gasteiger partial charge is 0.245 e. The Hall–Kier alpha value is -3.07. The molecule has 6 rings (SSSR count). The maximum absolute atomic E-state index is 13.0. The number of para-hydroxylation sites is 1. The molecule has 2 bridgehead atoms. The first kappa shape index (κ1) is 12.5. The van der Waals surface area contributed by atoms with Gasteiger partial charge in [0.05, 0.1) is 17.8 Å². The Balaban J connectivity index is 1.89. The zero-order chi connectivity index (χ0) is 15.8. The molecule has 2 aromatic rings. The Morgan fingerprint density at radius 3 is 2.48 bits per heavy atom. The molecule has 1 aromatic carbocycles. The van der Waals surface area contributed by atoms with Crippen LogP contribution in [0.15, 0.2) is 64.2 Å². The first-order chi connectivity index (χ1) is 11.2. The molecule has 2 aliphatic heterocycles. The van der Waals surface area contributed by atoms with Gasteiger partial charge in [-0.15, -0.1) is 0 Å². The molecule has 0 saturated heterocycles. The van der Waals surface area contributed by atoms with Crippen molar-refractivity contribution in [2.24, 2.45) is 11.8 Å². The largest absolute Gasteiger partial charge is 0.353 e. The summed E-state index contributed by atoms with van der Waals surface area (Å²) in [4.78, 5) is 25.9. The molecule has 112 valence electrons. The lowest BCUT2D eigenvalue weighted by Crippen LogP contribution is -2.60. The summed E-state index contributed by atoms with van der Waals surface area (Å²) in [5, 5.41) is 9.81. The first-order valence-corrected chi connectivity index (χ1v) is 7.50. The van der Waals surface area contributed by atoms with Gasteiger partial charge in [-0.25, -0.2) is 23.5 Å². The molecular formula is C17H12N4O2. The normalized spacial score (nSPS) is 32.0. The van der Waals surface area contributed by atoms with Gasteiger partial charge in [-0.3, -0.25) is 0 Å². The summed E-state index contributed by atoms with van der Waals surface area (Å²) in [5.41, 5.74) is -1.45. The lowest BCUT2D eigenvalue weighted by atomic mass is 9.62. The van der Waals surface area contributed by atoms with Crippen LogP contribution in [0.3, 0.4) is 0 Å². The van der Waals surface area contributed by atoms with Crippen LogP contribution in [-0.2, 0) is 5.54 Å². The third-order valence-electron chi connectivity index (χ3n) is 5.21. The van der Waals surface area contributed by atoms with E-state index >= 15 is 0 Å². The van der Waals surface area contributed by atoms with Gasteiger partial charge >= 0.3 is 11.4 Å². The van der Waals surface area contributed by atoms with E-state index in [-0.39, 0.29) is 17.9 Å². The summed E-state index contributed by atoms with van der Waals surface area (Å²) >= 11 is 0. The van der Waals surface area contributed by atoms with Crippen molar-refractivity contribution in [2.75, 3.05) is 0 Å². The Kier molecular flexibility index (Phi) is 2.07. The molecule has 6 nitrogen and oxygen atoms in total. The van der Waals surface area contributed by atoms with Crippen LogP contribution >= 0.6 is 0 Å². The Morgan fingerprint density at radius 2 is 1.83 bits per heavy atom. The summed E-state index contributed by atoms with van der Waals surface area (Å²) in [5.74, 6) is 0.0506. The molecule has 0 saturated carbocycles. The minimum Gasteiger partial charge on any atom is -0.245 e. The van der Waals surface area contributed by atoms with E-state index in [2.05, 4.69) is 6.07 Å². The Morgan fingerprint density at radius 1 is 1.04 bits per heavy atom. The number of rotatable bonds is 1. The zero-order valence-corrected chi connectivity index (χ0v) is 12.0. The van der Waals surface area contributed by atoms with Gasteiger partial charge in [-0.2, -0.15) is 5.26 Å². The van der Waals surface area contributed by atoms with Crippen LogP contribution in [0.25, 0.3) is 5.69 Å². The average Bonchev–Trinajstić information content (AvgIpc) is 2.81. The van der Waals surface area contributed by atoms with Crippen LogP contribution in [0.2, 0.25) is 0 Å². The number of benzene rings is 1. The SMILES string of the molecule is N#C[C@@]12C=C[C@@H]([C@@H]3C=C[C@@H]31)n1c(=O)n(-c3ccccc3)c(=O)n12. The van der Waals surface area contributed by atoms with E-state index in [0.717, 1.165) is 4.57 Å². The number of nitriles is 1. The molecule has 2 aliphatic carbocycles. The molecule has 0 N–H and O–H groups in total. The van der Waals surface area contributed by atoms with Crippen LogP contribution in [-0.4, -0.2) is 13.9 Å². The highest BCUT2D eigenvalue weighted by Crippen LogP contribution is 2.52. The molecule has 23 heavy (non-hydrogen) atoms. The first-order valence-electron chi connectivity index (χ1n) is 7.50. The fourth-order valence-electron chi connectivity index (χ4n) is 4.07. The maximum Gasteiger partial charge on any atom is 0.353 e. The second-order valence-electron chi connectivity index (χ2n) is 6.17. The minimum atomic E-state index is -1.11. The van der Waals surface area contributed by atoms with Crippen LogP contribution < -0.4 is 11.4 Å². The monoisotopic (exact) mass is 304 g/mol. The number of allylic oxidation sites excluding steroid dienone is 4. The third kappa shape index (κ3) is 1.21. The highest BCUT2D eigenvalue weighted by molar-refractivity contribution is 5.39. The predicted molar refractivity (Wildman–Crippen MR) is 82.2 cm³/mol. The Labute approximate surface area is 130 Å². The fourth-order valence-corrected chi connectivity index (χ4v) is 4.07. The molecule has 0 fully saturated rings. The van der Waals surface area contributed by atoms with Crippen molar-refractivity contribution in [3.8, 4) is 11.8 Å². The summed E-state index contributed by atoms with van der Waals surface area (Å²) in [7, 11) is 0. The minimum absolute atomic E-state index is 0.0498. The van der Waals surface area contributed by atoms with Gasteiger partial charge in [0.25, 0.3) is 0 Å². The second kappa shape index (κ2) is 3.82. The highest BCUT2D eigenvalue weighted by Gasteiger charge is 2.57. The van der Waals surface area contributed by atoms with E-state index in [1.165, 1.54) is 9.36 Å². The van der Waals surface area contributed by atoms with Crippen LogP contribution in [0.5, 0.6) is 0 Å². The van der Waals surface area contributed by atoms with Crippen molar-refractivity contribution >= 4 is 0 Å². The van der Waals surface area contributed by atoms with Gasteiger partial charge in [0.1, 0.15) is 0 Å². The van der Waals surface area contributed by atoms with Gasteiger partial charge in [0, 0.05) is 11.8 Å². The van der Waals surface area contributed by atoms with Gasteiger partial charge in [-0.05, 0) is 18.2 Å². The lowest BCUT2D eigenvalue weighted by molar-refractivity contribution is 0.0921. The summed E-state index contributed by atoms with van der Waals surface area (Å²) < 4.78 is 3.94. The van der Waals surface area contributed by atoms with Crippen molar-refractivity contribution < 1.29 is 0 Å². The molecule has 4 aliphatic rings. The Bertz CT molecular complexity index is 1050. The standard InChI is InChI=1S/C17H12N4O2/c18-10-17-9-8-14(12-6-7-13(12)17)20-15(22)19(16(23)21(17)20)11-4-2-1-3-5-11/h1-9,12-14H/t12-,13+,14+,17+/m1/s1. The predicted octanol–water partition coefficient (Wildman–Crippen LogP) is 0.946. The summed E-state index contributed by atoms with van der Waals surface area (Å²) in [6, 6.07) is 10.9. The topological polar surface area (TPSA) is 72.7 Å². The van der Waals surface area contributed by atoms with Crippen molar-refractivity contribution in [2.45, 2.75) is 11.6 Å². The number of hydrogen-bond acceptors (Lipinski definition) is 3. The van der Waals surface area contributed by atoms with Crippen LogP contribution in [0.1, 0.15) is 6.04 Å². The number of hydrogen-bond donors (Lipinski definition) is 0. The van der Waals surface area contributed by atoms with Gasteiger partial charge in [0.15, 0.2) is 5.54 Å². The van der Waals surface area contributed by atoms with Crippen LogP contribution in [0, 0.1) is 23.2 Å². The average molecular weight is 304 g/mol. The van der Waals surface area contributed by atoms with Crippen molar-refractivity contribution in [1.29, 1.82) is 5.26 Å². The molecule has 4 atom stereocenters. The third-order valence-corrected chi connectivity index (χ3v) is 5.21. The molecule has 0 unspecified atom stereocenters. The maximum atomic E-state index is 13.0. The van der Waals surface area contributed by atoms with Gasteiger partial charge in [0.2, 0.25) is 0 Å². The second-order valence-corrected chi connectivity index (χ2v) is 6.17. The van der Waals surface area contributed by atoms with Gasteiger partial charge < -0.3 is 0 Å².